The van der Waals surface area contributed by atoms with Gasteiger partial charge >= 0.3 is 0 Å². The van der Waals surface area contributed by atoms with Gasteiger partial charge in [0.1, 0.15) is 0 Å². The van der Waals surface area contributed by atoms with Gasteiger partial charge in [0.05, 0.1) is 13.0 Å². The van der Waals surface area contributed by atoms with Crippen LogP contribution in [-0.2, 0) is 20.8 Å². The number of fused-ring (bicyclic) bond motifs is 1. The third-order valence-electron chi connectivity index (χ3n) is 5.44. The predicted molar refractivity (Wildman–Crippen MR) is 113 cm³/mol. The molecule has 1 aliphatic heterocycles. The van der Waals surface area contributed by atoms with E-state index in [0.29, 0.717) is 32.5 Å². The molecule has 3 rings (SSSR count). The Morgan fingerprint density at radius 1 is 1.00 bits per heavy atom. The van der Waals surface area contributed by atoms with Crippen LogP contribution in [0.4, 0.5) is 0 Å². The van der Waals surface area contributed by atoms with Crippen LogP contribution in [0, 0.1) is 5.92 Å². The topological polar surface area (TPSA) is 78.5 Å². The Bertz CT molecular complexity index is 867. The number of piperidine rings is 1. The molecule has 0 unspecified atom stereocenters. The van der Waals surface area contributed by atoms with Crippen molar-refractivity contribution in [1.82, 2.24) is 15.5 Å². The molecular weight excluding hydrogens is 366 g/mol. The van der Waals surface area contributed by atoms with Crippen molar-refractivity contribution in [3.8, 4) is 0 Å². The molecule has 2 N–H and O–H groups in total. The molecule has 0 aliphatic carbocycles. The van der Waals surface area contributed by atoms with Crippen molar-refractivity contribution in [2.45, 2.75) is 32.6 Å². The summed E-state index contributed by atoms with van der Waals surface area (Å²) in [5, 5.41) is 7.82. The number of likely N-dealkylation sites (tertiary alicyclic amines) is 1. The van der Waals surface area contributed by atoms with Gasteiger partial charge in [0.25, 0.3) is 0 Å². The Balaban J connectivity index is 1.45. The number of hydrogen-bond donors (Lipinski definition) is 2. The molecule has 0 saturated carbocycles. The van der Waals surface area contributed by atoms with Crippen molar-refractivity contribution < 1.29 is 14.4 Å². The number of rotatable bonds is 7. The summed E-state index contributed by atoms with van der Waals surface area (Å²) in [5.41, 5.74) is 0.951. The average molecular weight is 396 g/mol. The van der Waals surface area contributed by atoms with Crippen LogP contribution in [0.25, 0.3) is 10.8 Å². The molecule has 1 aliphatic rings. The fourth-order valence-corrected chi connectivity index (χ4v) is 3.75. The Labute approximate surface area is 171 Å². The van der Waals surface area contributed by atoms with E-state index in [2.05, 4.69) is 10.6 Å². The van der Waals surface area contributed by atoms with E-state index in [9.17, 15) is 14.4 Å². The van der Waals surface area contributed by atoms with Crippen molar-refractivity contribution in [1.29, 1.82) is 0 Å². The molecule has 0 bridgehead atoms. The van der Waals surface area contributed by atoms with Crippen molar-refractivity contribution in [2.24, 2.45) is 5.92 Å². The molecule has 0 aromatic heterocycles. The molecular formula is C23H29N3O3. The number of carbonyl (C=O) groups is 3. The fraction of sp³-hybridized carbons (Fsp3) is 0.435. The van der Waals surface area contributed by atoms with Crippen LogP contribution in [0.5, 0.6) is 0 Å². The number of carbonyl (C=O) groups excluding carboxylic acids is 3. The van der Waals surface area contributed by atoms with Gasteiger partial charge in [-0.2, -0.15) is 0 Å². The van der Waals surface area contributed by atoms with Crippen molar-refractivity contribution in [3.05, 3.63) is 48.0 Å². The highest BCUT2D eigenvalue weighted by molar-refractivity contribution is 5.91. The number of nitrogens with zero attached hydrogens (tertiary/aromatic N) is 1. The van der Waals surface area contributed by atoms with E-state index < -0.39 is 0 Å². The minimum absolute atomic E-state index is 0.00367. The summed E-state index contributed by atoms with van der Waals surface area (Å²) >= 11 is 0. The number of benzene rings is 2. The second-order valence-electron chi connectivity index (χ2n) is 7.54. The number of amides is 3. The molecule has 154 valence electrons. The minimum atomic E-state index is -0.163. The van der Waals surface area contributed by atoms with E-state index in [4.69, 9.17) is 0 Å². The van der Waals surface area contributed by atoms with E-state index in [0.717, 1.165) is 22.8 Å². The molecule has 1 fully saturated rings. The van der Waals surface area contributed by atoms with Gasteiger partial charge in [0.15, 0.2) is 0 Å². The second kappa shape index (κ2) is 10.0. The summed E-state index contributed by atoms with van der Waals surface area (Å²) in [7, 11) is 0. The minimum Gasteiger partial charge on any atom is -0.356 e. The van der Waals surface area contributed by atoms with Crippen LogP contribution in [0.1, 0.15) is 31.7 Å². The molecule has 1 saturated heterocycles. The quantitative estimate of drug-likeness (QED) is 0.755. The van der Waals surface area contributed by atoms with E-state index in [1.54, 1.807) is 4.90 Å². The second-order valence-corrected chi connectivity index (χ2v) is 7.54. The highest BCUT2D eigenvalue weighted by Gasteiger charge is 2.27. The highest BCUT2D eigenvalue weighted by atomic mass is 16.2. The normalized spacial score (nSPS) is 14.6. The monoisotopic (exact) mass is 395 g/mol. The summed E-state index contributed by atoms with van der Waals surface area (Å²) in [6, 6.07) is 13.9. The van der Waals surface area contributed by atoms with E-state index in [1.807, 2.05) is 49.4 Å². The number of hydrogen-bond acceptors (Lipinski definition) is 3. The Kier molecular flexibility index (Phi) is 7.22. The van der Waals surface area contributed by atoms with Crippen LogP contribution in [0.3, 0.4) is 0 Å². The Morgan fingerprint density at radius 3 is 2.48 bits per heavy atom. The molecule has 0 atom stereocenters. The van der Waals surface area contributed by atoms with Gasteiger partial charge in [0, 0.05) is 25.6 Å². The van der Waals surface area contributed by atoms with Crippen molar-refractivity contribution in [2.75, 3.05) is 26.2 Å². The molecule has 6 nitrogen and oxygen atoms in total. The Hall–Kier alpha value is -2.89. The van der Waals surface area contributed by atoms with Crippen molar-refractivity contribution in [3.63, 3.8) is 0 Å². The lowest BCUT2D eigenvalue weighted by atomic mass is 9.96. The maximum atomic E-state index is 12.4. The lowest BCUT2D eigenvalue weighted by molar-refractivity contribution is -0.136. The van der Waals surface area contributed by atoms with Crippen LogP contribution in [0.2, 0.25) is 0 Å². The highest BCUT2D eigenvalue weighted by Crippen LogP contribution is 2.19. The third kappa shape index (κ3) is 5.56. The predicted octanol–water partition coefficient (Wildman–Crippen LogP) is 2.26. The molecule has 2 aromatic carbocycles. The van der Waals surface area contributed by atoms with Gasteiger partial charge in [-0.05, 0) is 35.6 Å². The summed E-state index contributed by atoms with van der Waals surface area (Å²) in [6.07, 6.45) is 2.51. The van der Waals surface area contributed by atoms with Gasteiger partial charge < -0.3 is 15.5 Å². The first kappa shape index (κ1) is 20.8. The lowest BCUT2D eigenvalue weighted by Gasteiger charge is -2.31. The molecule has 0 spiro atoms. The molecule has 2 aromatic rings. The molecule has 0 radical (unpaired) electrons. The standard InChI is InChI=1S/C23H29N3O3/c1-2-12-24-23(29)18-10-13-26(14-11-18)22(28)16-25-21(27)15-19-8-5-7-17-6-3-4-9-20(17)19/h3-9,18H,2,10-16H2,1H3,(H,24,29)(H,25,27). The number of nitrogens with one attached hydrogen (secondary N) is 2. The maximum absolute atomic E-state index is 12.4. The van der Waals surface area contributed by atoms with Crippen molar-refractivity contribution >= 4 is 28.5 Å². The van der Waals surface area contributed by atoms with Gasteiger partial charge in [-0.25, -0.2) is 0 Å². The first-order chi connectivity index (χ1) is 14.1. The van der Waals surface area contributed by atoms with Gasteiger partial charge in [-0.1, -0.05) is 49.4 Å². The fourth-order valence-electron chi connectivity index (χ4n) is 3.75. The van der Waals surface area contributed by atoms with Gasteiger partial charge in [-0.15, -0.1) is 0 Å². The van der Waals surface area contributed by atoms with E-state index >= 15 is 0 Å². The molecule has 29 heavy (non-hydrogen) atoms. The summed E-state index contributed by atoms with van der Waals surface area (Å²) in [5.74, 6) is -0.193. The van der Waals surface area contributed by atoms with Gasteiger partial charge in [0.2, 0.25) is 17.7 Å². The summed E-state index contributed by atoms with van der Waals surface area (Å²) in [4.78, 5) is 38.6. The third-order valence-corrected chi connectivity index (χ3v) is 5.44. The lowest BCUT2D eigenvalue weighted by Crippen LogP contribution is -2.46. The maximum Gasteiger partial charge on any atom is 0.241 e. The van der Waals surface area contributed by atoms with E-state index in [-0.39, 0.29) is 36.6 Å². The van der Waals surface area contributed by atoms with E-state index in [1.165, 1.54) is 0 Å². The Morgan fingerprint density at radius 2 is 1.72 bits per heavy atom. The summed E-state index contributed by atoms with van der Waals surface area (Å²) < 4.78 is 0. The largest absolute Gasteiger partial charge is 0.356 e. The zero-order valence-corrected chi connectivity index (χ0v) is 16.9. The molecule has 1 heterocycles. The van der Waals surface area contributed by atoms with Gasteiger partial charge in [-0.3, -0.25) is 14.4 Å². The average Bonchev–Trinajstić information content (AvgIpc) is 2.76. The smallest absolute Gasteiger partial charge is 0.241 e. The SMILES string of the molecule is CCCNC(=O)C1CCN(C(=O)CNC(=O)Cc2cccc3ccccc23)CC1. The zero-order valence-electron chi connectivity index (χ0n) is 16.9. The summed E-state index contributed by atoms with van der Waals surface area (Å²) in [6.45, 7) is 3.83. The zero-order chi connectivity index (χ0) is 20.6. The first-order valence-corrected chi connectivity index (χ1v) is 10.4. The van der Waals surface area contributed by atoms with Crippen LogP contribution >= 0.6 is 0 Å². The van der Waals surface area contributed by atoms with Crippen LogP contribution in [-0.4, -0.2) is 48.8 Å². The van der Waals surface area contributed by atoms with Crippen LogP contribution < -0.4 is 10.6 Å². The molecule has 3 amide bonds. The first-order valence-electron chi connectivity index (χ1n) is 10.4. The van der Waals surface area contributed by atoms with Crippen LogP contribution in [0.15, 0.2) is 42.5 Å². The molecule has 6 heteroatoms.